The minimum absolute atomic E-state index is 0. The number of amides is 1. The Morgan fingerprint density at radius 3 is 2.50 bits per heavy atom. The van der Waals surface area contributed by atoms with E-state index in [0.717, 1.165) is 10.2 Å². The number of rotatable bonds is 2. The molecule has 3 rings (SSSR count). The molecule has 1 aromatic heterocycles. The van der Waals surface area contributed by atoms with Gasteiger partial charge < -0.3 is 5.73 Å². The van der Waals surface area contributed by atoms with Crippen LogP contribution in [0.2, 0.25) is 0 Å². The highest BCUT2D eigenvalue weighted by molar-refractivity contribution is 5.98. The molecule has 0 saturated carbocycles. The van der Waals surface area contributed by atoms with Crippen LogP contribution in [0.15, 0.2) is 30.3 Å². The number of benzene rings is 1. The summed E-state index contributed by atoms with van der Waals surface area (Å²) in [5, 5.41) is 13.3. The molecule has 0 radical (unpaired) electrons. The summed E-state index contributed by atoms with van der Waals surface area (Å²) in [6.45, 7) is 0.0774. The third-order valence-corrected chi connectivity index (χ3v) is 3.62. The maximum atomic E-state index is 13.2. The van der Waals surface area contributed by atoms with Gasteiger partial charge in [-0.1, -0.05) is 30.3 Å². The SMILES string of the molecule is Cl.N[C@H]1Cc2c(c(C(F)(F)F)nn2Cc2ccccc2)N(O)C1=O. The number of nitrogens with zero attached hydrogens (tertiary/aromatic N) is 3. The van der Waals surface area contributed by atoms with E-state index in [2.05, 4.69) is 5.10 Å². The molecule has 1 atom stereocenters. The van der Waals surface area contributed by atoms with E-state index in [9.17, 15) is 23.2 Å². The number of anilines is 1. The van der Waals surface area contributed by atoms with Crippen LogP contribution in [0.4, 0.5) is 18.9 Å². The van der Waals surface area contributed by atoms with Gasteiger partial charge in [0.2, 0.25) is 0 Å². The topological polar surface area (TPSA) is 84.4 Å². The summed E-state index contributed by atoms with van der Waals surface area (Å²) in [5.74, 6) is -0.984. The van der Waals surface area contributed by atoms with E-state index in [0.29, 0.717) is 0 Å². The highest BCUT2D eigenvalue weighted by atomic mass is 35.5. The van der Waals surface area contributed by atoms with E-state index in [1.165, 1.54) is 0 Å². The molecule has 0 bridgehead atoms. The summed E-state index contributed by atoms with van der Waals surface area (Å²) in [6.07, 6.45) is -4.92. The molecule has 0 saturated heterocycles. The molecular weight excluding hydrogens is 349 g/mol. The summed E-state index contributed by atoms with van der Waals surface area (Å²) >= 11 is 0. The van der Waals surface area contributed by atoms with Crippen molar-refractivity contribution in [1.82, 2.24) is 9.78 Å². The van der Waals surface area contributed by atoms with Crippen LogP contribution in [0.1, 0.15) is 17.0 Å². The van der Waals surface area contributed by atoms with Crippen LogP contribution in [0, 0.1) is 0 Å². The summed E-state index contributed by atoms with van der Waals surface area (Å²) in [5.41, 5.74) is 4.47. The van der Waals surface area contributed by atoms with Crippen LogP contribution in [0.3, 0.4) is 0 Å². The van der Waals surface area contributed by atoms with Gasteiger partial charge in [-0.2, -0.15) is 23.3 Å². The number of aromatic nitrogens is 2. The Morgan fingerprint density at radius 1 is 1.29 bits per heavy atom. The first-order chi connectivity index (χ1) is 10.8. The number of alkyl halides is 3. The molecule has 1 aliphatic rings. The lowest BCUT2D eigenvalue weighted by Crippen LogP contribution is -2.48. The predicted octanol–water partition coefficient (Wildman–Crippen LogP) is 1.98. The monoisotopic (exact) mass is 362 g/mol. The first-order valence-electron chi connectivity index (χ1n) is 6.78. The number of hydroxylamine groups is 1. The predicted molar refractivity (Wildman–Crippen MR) is 81.0 cm³/mol. The largest absolute Gasteiger partial charge is 0.437 e. The molecule has 0 aliphatic carbocycles. The highest BCUT2D eigenvalue weighted by Crippen LogP contribution is 2.40. The van der Waals surface area contributed by atoms with Gasteiger partial charge in [0, 0.05) is 6.42 Å². The zero-order valence-electron chi connectivity index (χ0n) is 12.2. The molecular formula is C14H14ClF3N4O2. The van der Waals surface area contributed by atoms with E-state index in [1.54, 1.807) is 30.3 Å². The smallest absolute Gasteiger partial charge is 0.319 e. The lowest BCUT2D eigenvalue weighted by Gasteiger charge is -2.26. The van der Waals surface area contributed by atoms with Gasteiger partial charge in [-0.25, -0.2) is 0 Å². The average molecular weight is 363 g/mol. The Bertz CT molecular complexity index is 748. The molecule has 3 N–H and O–H groups in total. The normalized spacial score (nSPS) is 17.5. The summed E-state index contributed by atoms with van der Waals surface area (Å²) in [7, 11) is 0. The third kappa shape index (κ3) is 3.10. The Labute approximate surface area is 141 Å². The van der Waals surface area contributed by atoms with E-state index >= 15 is 0 Å². The van der Waals surface area contributed by atoms with Crippen molar-refractivity contribution in [1.29, 1.82) is 0 Å². The van der Waals surface area contributed by atoms with Crippen molar-refractivity contribution < 1.29 is 23.2 Å². The summed E-state index contributed by atoms with van der Waals surface area (Å²) in [6, 6.07) is 7.66. The van der Waals surface area contributed by atoms with E-state index in [-0.39, 0.29) is 36.1 Å². The molecule has 10 heteroatoms. The van der Waals surface area contributed by atoms with Crippen molar-refractivity contribution >= 4 is 24.0 Å². The van der Waals surface area contributed by atoms with Crippen LogP contribution >= 0.6 is 12.4 Å². The molecule has 1 amide bonds. The molecule has 1 aromatic carbocycles. The highest BCUT2D eigenvalue weighted by Gasteiger charge is 2.45. The second-order valence-electron chi connectivity index (χ2n) is 5.25. The second-order valence-corrected chi connectivity index (χ2v) is 5.25. The van der Waals surface area contributed by atoms with Crippen LogP contribution in [-0.4, -0.2) is 26.9 Å². The van der Waals surface area contributed by atoms with E-state index in [4.69, 9.17) is 5.73 Å². The van der Waals surface area contributed by atoms with E-state index < -0.39 is 29.5 Å². The number of hydrogen-bond donors (Lipinski definition) is 2. The quantitative estimate of drug-likeness (QED) is 0.800. The van der Waals surface area contributed by atoms with Crippen molar-refractivity contribution in [2.24, 2.45) is 5.73 Å². The van der Waals surface area contributed by atoms with Crippen LogP contribution in [0.25, 0.3) is 0 Å². The molecule has 0 spiro atoms. The fourth-order valence-corrected chi connectivity index (χ4v) is 2.55. The molecule has 24 heavy (non-hydrogen) atoms. The summed E-state index contributed by atoms with van der Waals surface area (Å²) < 4.78 is 40.6. The van der Waals surface area contributed by atoms with Crippen molar-refractivity contribution in [2.75, 3.05) is 5.06 Å². The minimum atomic E-state index is -4.80. The van der Waals surface area contributed by atoms with Crippen molar-refractivity contribution in [3.05, 3.63) is 47.3 Å². The zero-order chi connectivity index (χ0) is 16.8. The van der Waals surface area contributed by atoms with E-state index in [1.807, 2.05) is 0 Å². The number of nitrogens with two attached hydrogens (primary N) is 1. The van der Waals surface area contributed by atoms with Gasteiger partial charge >= 0.3 is 6.18 Å². The van der Waals surface area contributed by atoms with Crippen LogP contribution in [0.5, 0.6) is 0 Å². The maximum Gasteiger partial charge on any atom is 0.437 e. The fraction of sp³-hybridized carbons (Fsp3) is 0.286. The Kier molecular flexibility index (Phi) is 4.88. The Morgan fingerprint density at radius 2 is 1.92 bits per heavy atom. The lowest BCUT2D eigenvalue weighted by molar-refractivity contribution is -0.141. The van der Waals surface area contributed by atoms with Crippen molar-refractivity contribution in [3.8, 4) is 0 Å². The number of halogens is 4. The molecule has 2 aromatic rings. The number of carbonyl (C=O) groups excluding carboxylic acids is 1. The molecule has 130 valence electrons. The van der Waals surface area contributed by atoms with Crippen LogP contribution in [-0.2, 0) is 23.9 Å². The van der Waals surface area contributed by atoms with Gasteiger partial charge in [0.15, 0.2) is 5.69 Å². The van der Waals surface area contributed by atoms with Gasteiger partial charge in [0.1, 0.15) is 5.69 Å². The van der Waals surface area contributed by atoms with Gasteiger partial charge in [-0.3, -0.25) is 14.7 Å². The van der Waals surface area contributed by atoms with Gasteiger partial charge in [-0.15, -0.1) is 12.4 Å². The first kappa shape index (κ1) is 18.2. The van der Waals surface area contributed by atoms with Gasteiger partial charge in [0.05, 0.1) is 18.3 Å². The molecule has 2 heterocycles. The second kappa shape index (κ2) is 6.42. The summed E-state index contributed by atoms with van der Waals surface area (Å²) in [4.78, 5) is 11.7. The number of fused-ring (bicyclic) bond motifs is 1. The van der Waals surface area contributed by atoms with Gasteiger partial charge in [-0.05, 0) is 5.56 Å². The van der Waals surface area contributed by atoms with Gasteiger partial charge in [0.25, 0.3) is 5.91 Å². The molecule has 1 aliphatic heterocycles. The van der Waals surface area contributed by atoms with Crippen LogP contribution < -0.4 is 10.8 Å². The number of carbonyl (C=O) groups is 1. The zero-order valence-corrected chi connectivity index (χ0v) is 13.0. The minimum Gasteiger partial charge on any atom is -0.319 e. The fourth-order valence-electron chi connectivity index (χ4n) is 2.55. The Hall–Kier alpha value is -2.10. The molecule has 6 nitrogen and oxygen atoms in total. The average Bonchev–Trinajstić information content (AvgIpc) is 2.85. The lowest BCUT2D eigenvalue weighted by atomic mass is 10.0. The molecule has 0 fully saturated rings. The third-order valence-electron chi connectivity index (χ3n) is 3.62. The maximum absolute atomic E-state index is 13.2. The Balaban J connectivity index is 0.00000208. The van der Waals surface area contributed by atoms with Crippen molar-refractivity contribution in [2.45, 2.75) is 25.2 Å². The standard InChI is InChI=1S/C14H13F3N4O2.ClH/c15-14(16,17)12-11-10(6-9(18)13(22)21(11)23)20(19-12)7-8-4-2-1-3-5-8;/h1-5,9,23H,6-7,18H2;1H/t9-;/m0./s1. The number of hydrogen-bond acceptors (Lipinski definition) is 4. The molecule has 0 unspecified atom stereocenters. The van der Waals surface area contributed by atoms with Crippen molar-refractivity contribution in [3.63, 3.8) is 0 Å². The first-order valence-corrected chi connectivity index (χ1v) is 6.78.